The first-order chi connectivity index (χ1) is 14.5. The molecular weight excluding hydrogens is 372 g/mol. The van der Waals surface area contributed by atoms with Gasteiger partial charge in [0.2, 0.25) is 0 Å². The van der Waals surface area contributed by atoms with Crippen molar-refractivity contribution in [1.82, 2.24) is 9.97 Å². The Morgan fingerprint density at radius 2 is 1.67 bits per heavy atom. The molecule has 1 saturated carbocycles. The minimum Gasteiger partial charge on any atom is -0.365 e. The number of amides is 1. The number of nitrogens with two attached hydrogens (primary N) is 1. The van der Waals surface area contributed by atoms with Crippen LogP contribution < -0.4 is 10.6 Å². The lowest BCUT2D eigenvalue weighted by molar-refractivity contribution is 0.0995. The first-order valence-electron chi connectivity index (χ1n) is 10.6. The molecular formula is C25H26N4O. The number of hydrogen-bond acceptors (Lipinski definition) is 4. The summed E-state index contributed by atoms with van der Waals surface area (Å²) in [6.45, 7) is 3.67. The van der Waals surface area contributed by atoms with Crippen molar-refractivity contribution in [2.45, 2.75) is 44.6 Å². The van der Waals surface area contributed by atoms with Gasteiger partial charge in [0.1, 0.15) is 5.69 Å². The average molecular weight is 399 g/mol. The van der Waals surface area contributed by atoms with E-state index in [1.54, 1.807) is 0 Å². The van der Waals surface area contributed by atoms with Crippen LogP contribution in [-0.2, 0) is 18.4 Å². The van der Waals surface area contributed by atoms with E-state index in [1.165, 1.54) is 47.8 Å². The molecule has 1 aromatic heterocycles. The van der Waals surface area contributed by atoms with Crippen LogP contribution >= 0.6 is 0 Å². The van der Waals surface area contributed by atoms with E-state index in [9.17, 15) is 4.79 Å². The zero-order chi connectivity index (χ0) is 20.7. The van der Waals surface area contributed by atoms with Crippen LogP contribution in [0.3, 0.4) is 0 Å². The summed E-state index contributed by atoms with van der Waals surface area (Å²) in [4.78, 5) is 22.6. The second kappa shape index (κ2) is 7.24. The molecule has 152 valence electrons. The van der Waals surface area contributed by atoms with Crippen molar-refractivity contribution in [2.24, 2.45) is 5.73 Å². The van der Waals surface area contributed by atoms with Crippen LogP contribution in [0.1, 0.15) is 57.8 Å². The smallest absolute Gasteiger partial charge is 0.268 e. The fraction of sp³-hybridized carbons (Fsp3) is 0.320. The Labute approximate surface area is 177 Å². The summed E-state index contributed by atoms with van der Waals surface area (Å²) in [7, 11) is 0. The van der Waals surface area contributed by atoms with Crippen LogP contribution in [0.5, 0.6) is 0 Å². The Hall–Kier alpha value is -3.21. The first kappa shape index (κ1) is 18.8. The van der Waals surface area contributed by atoms with Crippen LogP contribution in [0, 0.1) is 6.92 Å². The standard InChI is InChI=1S/C25H26N4O/c1-17-3-5-18(6-4-17)25(12-2-13-25)19-7-9-20(10-8-19)29-14-11-21-23(16-29)28-22(15-27-21)24(26)30/h3-10,15H,2,11-14,16H2,1H3,(H2,26,30). The molecule has 2 aromatic carbocycles. The van der Waals surface area contributed by atoms with Gasteiger partial charge in [-0.05, 0) is 43.0 Å². The second-order valence-electron chi connectivity index (χ2n) is 8.53. The normalized spacial score (nSPS) is 17.2. The molecule has 2 aliphatic rings. The molecule has 5 rings (SSSR count). The fourth-order valence-electron chi connectivity index (χ4n) is 4.77. The van der Waals surface area contributed by atoms with Gasteiger partial charge in [-0.25, -0.2) is 4.98 Å². The Morgan fingerprint density at radius 1 is 1.00 bits per heavy atom. The Morgan fingerprint density at radius 3 is 2.27 bits per heavy atom. The summed E-state index contributed by atoms with van der Waals surface area (Å²) in [5, 5.41) is 0. The van der Waals surface area contributed by atoms with E-state index >= 15 is 0 Å². The minimum atomic E-state index is -0.534. The number of carbonyl (C=O) groups is 1. The van der Waals surface area contributed by atoms with Crippen molar-refractivity contribution in [2.75, 3.05) is 11.4 Å². The number of aromatic nitrogens is 2. The molecule has 5 nitrogen and oxygen atoms in total. The Bertz CT molecular complexity index is 1090. The highest BCUT2D eigenvalue weighted by Gasteiger charge is 2.40. The van der Waals surface area contributed by atoms with Gasteiger partial charge in [0.05, 0.1) is 24.1 Å². The number of rotatable bonds is 4. The van der Waals surface area contributed by atoms with E-state index in [4.69, 9.17) is 5.73 Å². The van der Waals surface area contributed by atoms with Crippen LogP contribution in [0.15, 0.2) is 54.7 Å². The number of nitrogens with zero attached hydrogens (tertiary/aromatic N) is 3. The number of anilines is 1. The molecule has 0 spiro atoms. The molecule has 2 N–H and O–H groups in total. The van der Waals surface area contributed by atoms with Crippen LogP contribution in [0.25, 0.3) is 0 Å². The van der Waals surface area contributed by atoms with Crippen molar-refractivity contribution < 1.29 is 4.79 Å². The Kier molecular flexibility index (Phi) is 4.54. The van der Waals surface area contributed by atoms with Crippen molar-refractivity contribution in [3.63, 3.8) is 0 Å². The first-order valence-corrected chi connectivity index (χ1v) is 10.6. The molecule has 1 amide bonds. The molecule has 1 aliphatic heterocycles. The summed E-state index contributed by atoms with van der Waals surface area (Å²) in [5.41, 5.74) is 12.9. The third kappa shape index (κ3) is 3.15. The highest BCUT2D eigenvalue weighted by atomic mass is 16.1. The Balaban J connectivity index is 1.40. The largest absolute Gasteiger partial charge is 0.365 e. The van der Waals surface area contributed by atoms with Crippen LogP contribution in [-0.4, -0.2) is 22.4 Å². The number of benzene rings is 2. The molecule has 30 heavy (non-hydrogen) atoms. The van der Waals surface area contributed by atoms with Gasteiger partial charge in [-0.2, -0.15) is 0 Å². The van der Waals surface area contributed by atoms with Crippen LogP contribution in [0.4, 0.5) is 5.69 Å². The van der Waals surface area contributed by atoms with Gasteiger partial charge in [-0.1, -0.05) is 48.4 Å². The lowest BCUT2D eigenvalue weighted by Crippen LogP contribution is -2.35. The summed E-state index contributed by atoms with van der Waals surface area (Å²) in [6.07, 6.45) is 5.99. The van der Waals surface area contributed by atoms with E-state index in [1.807, 2.05) is 0 Å². The molecule has 0 radical (unpaired) electrons. The van der Waals surface area contributed by atoms with E-state index in [0.29, 0.717) is 6.54 Å². The van der Waals surface area contributed by atoms with Gasteiger partial charge in [-0.15, -0.1) is 0 Å². The van der Waals surface area contributed by atoms with Gasteiger partial charge in [0.25, 0.3) is 5.91 Å². The maximum Gasteiger partial charge on any atom is 0.268 e. The van der Waals surface area contributed by atoms with Gasteiger partial charge >= 0.3 is 0 Å². The van der Waals surface area contributed by atoms with Gasteiger partial charge in [-0.3, -0.25) is 9.78 Å². The fourth-order valence-corrected chi connectivity index (χ4v) is 4.77. The number of hydrogen-bond donors (Lipinski definition) is 1. The predicted molar refractivity (Wildman–Crippen MR) is 118 cm³/mol. The SMILES string of the molecule is Cc1ccc(C2(c3ccc(N4CCc5ncc(C(N)=O)nc5C4)cc3)CCC2)cc1. The number of fused-ring (bicyclic) bond motifs is 1. The lowest BCUT2D eigenvalue weighted by atomic mass is 9.60. The molecule has 5 heteroatoms. The summed E-state index contributed by atoms with van der Waals surface area (Å²) in [6, 6.07) is 18.0. The third-order valence-corrected chi connectivity index (χ3v) is 6.74. The third-order valence-electron chi connectivity index (χ3n) is 6.74. The zero-order valence-electron chi connectivity index (χ0n) is 17.3. The summed E-state index contributed by atoms with van der Waals surface area (Å²) >= 11 is 0. The van der Waals surface area contributed by atoms with E-state index in [2.05, 4.69) is 70.3 Å². The molecule has 0 saturated heterocycles. The predicted octanol–water partition coefficient (Wildman–Crippen LogP) is 3.92. The molecule has 3 aromatic rings. The van der Waals surface area contributed by atoms with Gasteiger partial charge < -0.3 is 10.6 Å². The van der Waals surface area contributed by atoms with Crippen molar-refractivity contribution >= 4 is 11.6 Å². The topological polar surface area (TPSA) is 72.1 Å². The van der Waals surface area contributed by atoms with Gasteiger partial charge in [0, 0.05) is 24.1 Å². The lowest BCUT2D eigenvalue weighted by Gasteiger charge is -2.43. The molecule has 2 heterocycles. The zero-order valence-corrected chi connectivity index (χ0v) is 17.3. The molecule has 0 atom stereocenters. The van der Waals surface area contributed by atoms with E-state index in [-0.39, 0.29) is 11.1 Å². The maximum absolute atomic E-state index is 11.4. The quantitative estimate of drug-likeness (QED) is 0.723. The number of aryl methyl sites for hydroxylation is 1. The van der Waals surface area contributed by atoms with Crippen LogP contribution in [0.2, 0.25) is 0 Å². The maximum atomic E-state index is 11.4. The number of primary amides is 1. The number of carbonyl (C=O) groups excluding carboxylic acids is 1. The molecule has 1 fully saturated rings. The van der Waals surface area contributed by atoms with Crippen molar-refractivity contribution in [3.8, 4) is 0 Å². The van der Waals surface area contributed by atoms with Gasteiger partial charge in [0.15, 0.2) is 0 Å². The summed E-state index contributed by atoms with van der Waals surface area (Å²) < 4.78 is 0. The highest BCUT2D eigenvalue weighted by molar-refractivity contribution is 5.90. The van der Waals surface area contributed by atoms with Crippen molar-refractivity contribution in [3.05, 3.63) is 88.5 Å². The second-order valence-corrected chi connectivity index (χ2v) is 8.53. The molecule has 0 unspecified atom stereocenters. The van der Waals surface area contributed by atoms with E-state index < -0.39 is 5.91 Å². The average Bonchev–Trinajstić information content (AvgIpc) is 2.74. The summed E-state index contributed by atoms with van der Waals surface area (Å²) in [5.74, 6) is -0.534. The highest BCUT2D eigenvalue weighted by Crippen LogP contribution is 2.49. The van der Waals surface area contributed by atoms with Crippen molar-refractivity contribution in [1.29, 1.82) is 0 Å². The molecule has 1 aliphatic carbocycles. The molecule has 0 bridgehead atoms. The monoisotopic (exact) mass is 398 g/mol. The minimum absolute atomic E-state index is 0.155. The van der Waals surface area contributed by atoms with E-state index in [0.717, 1.165) is 24.4 Å².